The Kier molecular flexibility index (Phi) is 8.42. The van der Waals surface area contributed by atoms with E-state index in [-0.39, 0.29) is 45.4 Å². The minimum Gasteiger partial charge on any atom is -0.491 e. The van der Waals surface area contributed by atoms with Crippen LogP contribution in [0.15, 0.2) is 41.3 Å². The molecule has 1 saturated heterocycles. The van der Waals surface area contributed by atoms with Crippen molar-refractivity contribution in [3.8, 4) is 5.75 Å². The highest BCUT2D eigenvalue weighted by Crippen LogP contribution is 2.35. The van der Waals surface area contributed by atoms with Crippen LogP contribution < -0.4 is 15.5 Å². The second-order valence-electron chi connectivity index (χ2n) is 10.2. The Bertz CT molecular complexity index is 1440. The third kappa shape index (κ3) is 6.22. The number of nitrogens with one attached hydrogen (secondary N) is 1. The highest BCUT2D eigenvalue weighted by molar-refractivity contribution is 6.31. The summed E-state index contributed by atoms with van der Waals surface area (Å²) in [6.07, 6.45) is 4.95. The van der Waals surface area contributed by atoms with Crippen molar-refractivity contribution in [1.29, 1.82) is 0 Å². The number of likely N-dealkylation sites (tertiary alicyclic amines) is 1. The molecule has 1 saturated carbocycles. The number of aliphatic hydroxyl groups excluding tert-OH is 1. The number of hydrogen-bond acceptors (Lipinski definition) is 5. The van der Waals surface area contributed by atoms with Gasteiger partial charge >= 0.3 is 0 Å². The SMILES string of the molecule is O=C(NC1CCN(CC(O)COc2ccc(Cl)c(F)c2)CC1)c1cn(C2CCC2)c2cc(Cl)c(F)cc2c1=O. The van der Waals surface area contributed by atoms with Crippen LogP contribution in [0.4, 0.5) is 8.78 Å². The number of ether oxygens (including phenoxy) is 1. The van der Waals surface area contributed by atoms with Gasteiger partial charge in [0.05, 0.1) is 15.6 Å². The van der Waals surface area contributed by atoms with Gasteiger partial charge in [0, 0.05) is 49.4 Å². The summed E-state index contributed by atoms with van der Waals surface area (Å²) < 4.78 is 35.1. The number of benzene rings is 2. The van der Waals surface area contributed by atoms with Gasteiger partial charge in [-0.05, 0) is 56.4 Å². The van der Waals surface area contributed by atoms with Crippen molar-refractivity contribution >= 4 is 40.0 Å². The first-order chi connectivity index (χ1) is 18.7. The summed E-state index contributed by atoms with van der Waals surface area (Å²) in [5.41, 5.74) is 0.00391. The van der Waals surface area contributed by atoms with Crippen LogP contribution in [0.25, 0.3) is 10.9 Å². The first kappa shape index (κ1) is 27.8. The third-order valence-electron chi connectivity index (χ3n) is 7.51. The van der Waals surface area contributed by atoms with Crippen LogP contribution in [0.2, 0.25) is 10.0 Å². The lowest BCUT2D eigenvalue weighted by molar-refractivity contribution is 0.0567. The lowest BCUT2D eigenvalue weighted by atomic mass is 9.92. The molecule has 39 heavy (non-hydrogen) atoms. The van der Waals surface area contributed by atoms with E-state index in [1.165, 1.54) is 24.3 Å². The quantitative estimate of drug-likeness (QED) is 0.394. The molecule has 1 atom stereocenters. The highest BCUT2D eigenvalue weighted by Gasteiger charge is 2.27. The van der Waals surface area contributed by atoms with Gasteiger partial charge in [0.25, 0.3) is 5.91 Å². The summed E-state index contributed by atoms with van der Waals surface area (Å²) in [6, 6.07) is 6.66. The van der Waals surface area contributed by atoms with E-state index < -0.39 is 29.1 Å². The second-order valence-corrected chi connectivity index (χ2v) is 11.1. The van der Waals surface area contributed by atoms with Crippen LogP contribution >= 0.6 is 23.2 Å². The van der Waals surface area contributed by atoms with E-state index in [9.17, 15) is 23.5 Å². The van der Waals surface area contributed by atoms with E-state index in [4.69, 9.17) is 27.9 Å². The molecule has 2 aliphatic rings. The maximum absolute atomic E-state index is 14.2. The van der Waals surface area contributed by atoms with Crippen molar-refractivity contribution in [2.75, 3.05) is 26.2 Å². The number of pyridine rings is 1. The molecule has 2 aromatic carbocycles. The number of carbonyl (C=O) groups excluding carboxylic acids is 1. The molecular formula is C28H29Cl2F2N3O4. The molecule has 208 valence electrons. The molecule has 2 heterocycles. The second kappa shape index (κ2) is 11.8. The largest absolute Gasteiger partial charge is 0.491 e. The summed E-state index contributed by atoms with van der Waals surface area (Å²) in [7, 11) is 0. The summed E-state index contributed by atoms with van der Waals surface area (Å²) in [6.45, 7) is 1.62. The zero-order valence-corrected chi connectivity index (χ0v) is 22.7. The Balaban J connectivity index is 1.18. The maximum Gasteiger partial charge on any atom is 0.256 e. The number of aliphatic hydroxyl groups is 1. The van der Waals surface area contributed by atoms with E-state index >= 15 is 0 Å². The molecule has 1 unspecified atom stereocenters. The average molecular weight is 580 g/mol. The van der Waals surface area contributed by atoms with Gasteiger partial charge in [0.2, 0.25) is 5.43 Å². The molecule has 2 fully saturated rings. The normalized spacial score (nSPS) is 17.7. The molecule has 0 radical (unpaired) electrons. The van der Waals surface area contributed by atoms with Gasteiger partial charge in [0.15, 0.2) is 0 Å². The Morgan fingerprint density at radius 3 is 2.46 bits per heavy atom. The molecule has 5 rings (SSSR count). The maximum atomic E-state index is 14.2. The lowest BCUT2D eigenvalue weighted by Crippen LogP contribution is -2.47. The van der Waals surface area contributed by atoms with Gasteiger partial charge in [-0.2, -0.15) is 0 Å². The summed E-state index contributed by atoms with van der Waals surface area (Å²) >= 11 is 11.7. The van der Waals surface area contributed by atoms with Crippen molar-refractivity contribution in [3.05, 3.63) is 74.0 Å². The molecule has 0 bridgehead atoms. The van der Waals surface area contributed by atoms with Gasteiger partial charge in [0.1, 0.15) is 35.7 Å². The van der Waals surface area contributed by atoms with Crippen molar-refractivity contribution in [3.63, 3.8) is 0 Å². The standard InChI is InChI=1S/C28H29Cl2F2N3O4/c29-22-5-4-19(10-24(22)31)39-15-18(36)13-34-8-6-16(7-9-34)33-28(38)21-14-35(17-2-1-3-17)26-12-23(30)25(32)11-20(26)27(21)37/h4-5,10-12,14,16-18,36H,1-3,6-9,13,15H2,(H,33,38). The molecule has 0 spiro atoms. The van der Waals surface area contributed by atoms with Gasteiger partial charge in [-0.25, -0.2) is 8.78 Å². The molecule has 3 aromatic rings. The fourth-order valence-electron chi connectivity index (χ4n) is 5.11. The topological polar surface area (TPSA) is 83.8 Å². The Hall–Kier alpha value is -2.72. The lowest BCUT2D eigenvalue weighted by Gasteiger charge is -2.33. The number of amides is 1. The molecular weight excluding hydrogens is 551 g/mol. The van der Waals surface area contributed by atoms with E-state index in [2.05, 4.69) is 10.2 Å². The average Bonchev–Trinajstić information content (AvgIpc) is 2.87. The number of aromatic nitrogens is 1. The van der Waals surface area contributed by atoms with Gasteiger partial charge in [-0.15, -0.1) is 0 Å². The van der Waals surface area contributed by atoms with E-state index in [0.717, 1.165) is 25.3 Å². The Morgan fingerprint density at radius 2 is 1.79 bits per heavy atom. The third-order valence-corrected chi connectivity index (χ3v) is 8.11. The minimum absolute atomic E-state index is 0.00121. The first-order valence-corrected chi connectivity index (χ1v) is 13.8. The van der Waals surface area contributed by atoms with Crippen LogP contribution in [-0.2, 0) is 0 Å². The Morgan fingerprint density at radius 1 is 1.08 bits per heavy atom. The monoisotopic (exact) mass is 579 g/mol. The summed E-state index contributed by atoms with van der Waals surface area (Å²) in [5, 5.41) is 13.4. The number of halogens is 4. The van der Waals surface area contributed by atoms with E-state index in [1.807, 2.05) is 4.57 Å². The molecule has 1 amide bonds. The van der Waals surface area contributed by atoms with E-state index in [1.54, 1.807) is 6.20 Å². The van der Waals surface area contributed by atoms with Crippen molar-refractivity contribution < 1.29 is 23.4 Å². The van der Waals surface area contributed by atoms with Crippen LogP contribution in [0.3, 0.4) is 0 Å². The molecule has 11 heteroatoms. The zero-order chi connectivity index (χ0) is 27.7. The highest BCUT2D eigenvalue weighted by atomic mass is 35.5. The van der Waals surface area contributed by atoms with E-state index in [0.29, 0.717) is 38.0 Å². The molecule has 1 aromatic heterocycles. The van der Waals surface area contributed by atoms with Crippen LogP contribution in [0.5, 0.6) is 5.75 Å². The number of nitrogens with zero attached hydrogens (tertiary/aromatic N) is 2. The first-order valence-electron chi connectivity index (χ1n) is 13.0. The number of β-amino-alcohol motifs (C(OH)–C–C–N with tert-alkyl or cyclic N) is 1. The predicted molar refractivity (Wildman–Crippen MR) is 146 cm³/mol. The van der Waals surface area contributed by atoms with Crippen molar-refractivity contribution in [2.45, 2.75) is 50.3 Å². The fraction of sp³-hybridized carbons (Fsp3) is 0.429. The summed E-state index contributed by atoms with van der Waals surface area (Å²) in [4.78, 5) is 28.4. The number of rotatable bonds is 8. The van der Waals surface area contributed by atoms with Gasteiger partial charge < -0.3 is 24.6 Å². The van der Waals surface area contributed by atoms with Gasteiger partial charge in [-0.3, -0.25) is 9.59 Å². The number of piperidine rings is 1. The smallest absolute Gasteiger partial charge is 0.256 e. The molecule has 1 aliphatic carbocycles. The zero-order valence-electron chi connectivity index (χ0n) is 21.1. The molecule has 2 N–H and O–H groups in total. The minimum atomic E-state index is -0.786. The van der Waals surface area contributed by atoms with Crippen molar-refractivity contribution in [2.24, 2.45) is 0 Å². The number of carbonyl (C=O) groups is 1. The summed E-state index contributed by atoms with van der Waals surface area (Å²) in [5.74, 6) is -1.48. The van der Waals surface area contributed by atoms with Crippen molar-refractivity contribution in [1.82, 2.24) is 14.8 Å². The molecule has 7 nitrogen and oxygen atoms in total. The van der Waals surface area contributed by atoms with Gasteiger partial charge in [-0.1, -0.05) is 23.2 Å². The number of fused-ring (bicyclic) bond motifs is 1. The van der Waals surface area contributed by atoms with Crippen LogP contribution in [-0.4, -0.2) is 58.9 Å². The predicted octanol–water partition coefficient (Wildman–Crippen LogP) is 4.95. The fourth-order valence-corrected chi connectivity index (χ4v) is 5.38. The van der Waals surface area contributed by atoms with Crippen LogP contribution in [0, 0.1) is 11.6 Å². The van der Waals surface area contributed by atoms with Crippen LogP contribution in [0.1, 0.15) is 48.5 Å². The molecule has 1 aliphatic heterocycles. The number of hydrogen-bond donors (Lipinski definition) is 2. The Labute approximate surface area is 234 Å².